The Morgan fingerprint density at radius 1 is 1.23 bits per heavy atom. The average molecular weight is 384 g/mol. The van der Waals surface area contributed by atoms with Crippen molar-refractivity contribution in [1.29, 1.82) is 0 Å². The normalized spacial score (nSPS) is 21.7. The molecule has 1 aliphatic rings. The third-order valence-electron chi connectivity index (χ3n) is 4.42. The van der Waals surface area contributed by atoms with Gasteiger partial charge in [-0.1, -0.05) is 24.3 Å². The lowest BCUT2D eigenvalue weighted by Gasteiger charge is -2.35. The molecule has 0 aromatic heterocycles. The molecule has 0 saturated carbocycles. The number of sulfonamides is 1. The minimum Gasteiger partial charge on any atom is -0.373 e. The van der Waals surface area contributed by atoms with Crippen LogP contribution in [0.3, 0.4) is 0 Å². The summed E-state index contributed by atoms with van der Waals surface area (Å²) in [4.78, 5) is 14.4. The van der Waals surface area contributed by atoms with Crippen molar-refractivity contribution in [3.05, 3.63) is 35.4 Å². The van der Waals surface area contributed by atoms with E-state index < -0.39 is 10.0 Å². The Hall–Kier alpha value is -1.48. The molecular formula is C18H29N3O4S. The molecule has 1 saturated heterocycles. The number of nitrogens with one attached hydrogen (secondary N) is 1. The van der Waals surface area contributed by atoms with Crippen molar-refractivity contribution in [2.45, 2.75) is 39.1 Å². The van der Waals surface area contributed by atoms with Crippen molar-refractivity contribution in [2.24, 2.45) is 0 Å². The summed E-state index contributed by atoms with van der Waals surface area (Å²) in [7, 11) is -1.97. The van der Waals surface area contributed by atoms with E-state index in [0.717, 1.165) is 41.3 Å². The zero-order chi connectivity index (χ0) is 19.3. The van der Waals surface area contributed by atoms with E-state index in [1.165, 1.54) is 7.05 Å². The molecule has 1 amide bonds. The number of benzene rings is 1. The molecule has 1 aliphatic heterocycles. The first-order valence-corrected chi connectivity index (χ1v) is 10.6. The van der Waals surface area contributed by atoms with E-state index in [1.54, 1.807) is 0 Å². The highest BCUT2D eigenvalue weighted by Crippen LogP contribution is 2.17. The van der Waals surface area contributed by atoms with Crippen molar-refractivity contribution in [1.82, 2.24) is 14.5 Å². The Labute approximate surface area is 156 Å². The molecule has 1 heterocycles. The SMILES string of the molecule is CC1CN(Cc2ccccc2CNC(=O)CN(C)S(C)(=O)=O)CC(C)O1. The second kappa shape index (κ2) is 8.94. The number of carbonyl (C=O) groups is 1. The average Bonchev–Trinajstić information content (AvgIpc) is 2.52. The minimum atomic E-state index is -3.36. The van der Waals surface area contributed by atoms with E-state index >= 15 is 0 Å². The van der Waals surface area contributed by atoms with Gasteiger partial charge in [-0.25, -0.2) is 8.42 Å². The summed E-state index contributed by atoms with van der Waals surface area (Å²) in [6.07, 6.45) is 1.49. The molecule has 7 nitrogen and oxygen atoms in total. The predicted octanol–water partition coefficient (Wildman–Crippen LogP) is 0.803. The fraction of sp³-hybridized carbons (Fsp3) is 0.611. The molecule has 2 rings (SSSR count). The topological polar surface area (TPSA) is 79.0 Å². The van der Waals surface area contributed by atoms with Gasteiger partial charge in [0.25, 0.3) is 0 Å². The van der Waals surface area contributed by atoms with Crippen LogP contribution >= 0.6 is 0 Å². The number of hydrogen-bond donors (Lipinski definition) is 1. The van der Waals surface area contributed by atoms with Crippen LogP contribution in [0.1, 0.15) is 25.0 Å². The van der Waals surface area contributed by atoms with Crippen molar-refractivity contribution in [2.75, 3.05) is 32.9 Å². The first kappa shape index (κ1) is 20.8. The summed E-state index contributed by atoms with van der Waals surface area (Å²) in [5.41, 5.74) is 2.19. The number of likely N-dealkylation sites (N-methyl/N-ethyl adjacent to an activating group) is 1. The summed E-state index contributed by atoms with van der Waals surface area (Å²) in [5.74, 6) is -0.318. The summed E-state index contributed by atoms with van der Waals surface area (Å²) < 4.78 is 29.6. The summed E-state index contributed by atoms with van der Waals surface area (Å²) in [6.45, 7) is 6.91. The molecule has 1 aromatic carbocycles. The molecule has 1 fully saturated rings. The van der Waals surface area contributed by atoms with E-state index in [4.69, 9.17) is 4.74 Å². The standard InChI is InChI=1S/C18H29N3O4S/c1-14-10-21(11-15(2)25-14)12-17-8-6-5-7-16(17)9-19-18(22)13-20(3)26(4,23)24/h5-8,14-15H,9-13H2,1-4H3,(H,19,22). The van der Waals surface area contributed by atoms with Gasteiger partial charge in [-0.05, 0) is 25.0 Å². The molecular weight excluding hydrogens is 354 g/mol. The van der Waals surface area contributed by atoms with E-state index in [-0.39, 0.29) is 24.7 Å². The lowest BCUT2D eigenvalue weighted by Crippen LogP contribution is -2.45. The molecule has 26 heavy (non-hydrogen) atoms. The third-order valence-corrected chi connectivity index (χ3v) is 5.68. The first-order chi connectivity index (χ1) is 12.1. The molecule has 0 bridgehead atoms. The minimum absolute atomic E-state index is 0.181. The van der Waals surface area contributed by atoms with Gasteiger partial charge in [0.1, 0.15) is 0 Å². The van der Waals surface area contributed by atoms with Crippen molar-refractivity contribution in [3.8, 4) is 0 Å². The van der Waals surface area contributed by atoms with Crippen LogP contribution < -0.4 is 5.32 Å². The van der Waals surface area contributed by atoms with Gasteiger partial charge in [0, 0.05) is 33.2 Å². The number of amides is 1. The number of morpholine rings is 1. The molecule has 1 N–H and O–H groups in total. The molecule has 0 radical (unpaired) electrons. The fourth-order valence-electron chi connectivity index (χ4n) is 3.11. The Bertz CT molecular complexity index is 713. The van der Waals surface area contributed by atoms with Gasteiger partial charge in [-0.3, -0.25) is 9.69 Å². The molecule has 0 aliphatic carbocycles. The van der Waals surface area contributed by atoms with Gasteiger partial charge >= 0.3 is 0 Å². The quantitative estimate of drug-likeness (QED) is 0.754. The fourth-order valence-corrected chi connectivity index (χ4v) is 3.46. The van der Waals surface area contributed by atoms with Gasteiger partial charge in [-0.15, -0.1) is 0 Å². The van der Waals surface area contributed by atoms with Crippen molar-refractivity contribution >= 4 is 15.9 Å². The van der Waals surface area contributed by atoms with E-state index in [2.05, 4.69) is 30.1 Å². The van der Waals surface area contributed by atoms with Crippen LogP contribution in [0.4, 0.5) is 0 Å². The maximum absolute atomic E-state index is 12.0. The highest BCUT2D eigenvalue weighted by molar-refractivity contribution is 7.88. The number of carbonyl (C=O) groups excluding carboxylic acids is 1. The summed E-state index contributed by atoms with van der Waals surface area (Å²) >= 11 is 0. The van der Waals surface area contributed by atoms with E-state index in [9.17, 15) is 13.2 Å². The lowest BCUT2D eigenvalue weighted by atomic mass is 10.1. The van der Waals surface area contributed by atoms with Crippen LogP contribution in [0, 0.1) is 0 Å². The zero-order valence-electron chi connectivity index (χ0n) is 15.9. The zero-order valence-corrected chi connectivity index (χ0v) is 16.8. The van der Waals surface area contributed by atoms with Crippen LogP contribution in [0.25, 0.3) is 0 Å². The molecule has 2 unspecified atom stereocenters. The highest BCUT2D eigenvalue weighted by Gasteiger charge is 2.22. The molecule has 0 spiro atoms. The van der Waals surface area contributed by atoms with Gasteiger partial charge in [0.15, 0.2) is 0 Å². The van der Waals surface area contributed by atoms with E-state index in [0.29, 0.717) is 6.54 Å². The van der Waals surface area contributed by atoms with Gasteiger partial charge in [0.2, 0.25) is 15.9 Å². The number of nitrogens with zero attached hydrogens (tertiary/aromatic N) is 2. The van der Waals surface area contributed by atoms with Crippen LogP contribution in [-0.2, 0) is 32.6 Å². The largest absolute Gasteiger partial charge is 0.373 e. The highest BCUT2D eigenvalue weighted by atomic mass is 32.2. The van der Waals surface area contributed by atoms with Gasteiger partial charge < -0.3 is 10.1 Å². The maximum Gasteiger partial charge on any atom is 0.235 e. The second-order valence-electron chi connectivity index (χ2n) is 7.02. The van der Waals surface area contributed by atoms with Gasteiger partial charge in [-0.2, -0.15) is 4.31 Å². The molecule has 1 aromatic rings. The Morgan fingerprint density at radius 3 is 2.38 bits per heavy atom. The number of rotatable bonds is 7. The van der Waals surface area contributed by atoms with Crippen LogP contribution in [0.15, 0.2) is 24.3 Å². The molecule has 146 valence electrons. The van der Waals surface area contributed by atoms with E-state index in [1.807, 2.05) is 18.2 Å². The second-order valence-corrected chi connectivity index (χ2v) is 9.11. The number of ether oxygens (including phenoxy) is 1. The first-order valence-electron chi connectivity index (χ1n) is 8.77. The van der Waals surface area contributed by atoms with Crippen LogP contribution in [-0.4, -0.2) is 68.7 Å². The van der Waals surface area contributed by atoms with Crippen LogP contribution in [0.5, 0.6) is 0 Å². The predicted molar refractivity (Wildman–Crippen MR) is 101 cm³/mol. The Kier molecular flexibility index (Phi) is 7.16. The van der Waals surface area contributed by atoms with Gasteiger partial charge in [0.05, 0.1) is 25.0 Å². The van der Waals surface area contributed by atoms with Crippen LogP contribution in [0.2, 0.25) is 0 Å². The Morgan fingerprint density at radius 2 is 1.81 bits per heavy atom. The Balaban J connectivity index is 1.95. The van der Waals surface area contributed by atoms with Crippen molar-refractivity contribution in [3.63, 3.8) is 0 Å². The third kappa shape index (κ3) is 6.35. The number of hydrogen-bond acceptors (Lipinski definition) is 5. The summed E-state index contributed by atoms with van der Waals surface area (Å²) in [5, 5.41) is 2.81. The maximum atomic E-state index is 12.0. The molecule has 2 atom stereocenters. The lowest BCUT2D eigenvalue weighted by molar-refractivity contribution is -0.121. The summed E-state index contributed by atoms with van der Waals surface area (Å²) in [6, 6.07) is 7.99. The monoisotopic (exact) mass is 383 g/mol. The van der Waals surface area contributed by atoms with Crippen molar-refractivity contribution < 1.29 is 17.9 Å². The smallest absolute Gasteiger partial charge is 0.235 e. The molecule has 8 heteroatoms.